The van der Waals surface area contributed by atoms with Gasteiger partial charge in [0.2, 0.25) is 5.75 Å². The highest BCUT2D eigenvalue weighted by atomic mass is 79.9. The molecule has 1 aromatic heterocycles. The fraction of sp³-hybridized carbons (Fsp3) is 0. The Balaban J connectivity index is 2.11. The molecule has 0 aliphatic carbocycles. The van der Waals surface area contributed by atoms with Gasteiger partial charge in [-0.25, -0.2) is 4.79 Å². The second-order valence-electron chi connectivity index (χ2n) is 4.62. The van der Waals surface area contributed by atoms with E-state index in [1.165, 1.54) is 12.3 Å². The third kappa shape index (κ3) is 2.91. The largest absolute Gasteiger partial charge is 0.413 e. The predicted molar refractivity (Wildman–Crippen MR) is 87.5 cm³/mol. The topological polar surface area (TPSA) is 82.3 Å². The monoisotopic (exact) mass is 372 g/mol. The molecule has 0 saturated heterocycles. The predicted octanol–water partition coefficient (Wildman–Crippen LogP) is 4.12. The van der Waals surface area contributed by atoms with Crippen molar-refractivity contribution in [3.8, 4) is 5.75 Å². The van der Waals surface area contributed by atoms with Gasteiger partial charge in [-0.3, -0.25) is 15.1 Å². The second-order valence-corrected chi connectivity index (χ2v) is 5.47. The molecular weight excluding hydrogens is 364 g/mol. The Bertz CT molecular complexity index is 927. The third-order valence-electron chi connectivity index (χ3n) is 3.19. The lowest BCUT2D eigenvalue weighted by molar-refractivity contribution is -0.385. The van der Waals surface area contributed by atoms with Crippen molar-refractivity contribution in [2.24, 2.45) is 0 Å². The molecule has 0 atom stereocenters. The molecule has 0 aliphatic heterocycles. The second kappa shape index (κ2) is 6.13. The van der Waals surface area contributed by atoms with Gasteiger partial charge in [-0.2, -0.15) is 0 Å². The summed E-state index contributed by atoms with van der Waals surface area (Å²) < 4.78 is 5.86. The van der Waals surface area contributed by atoms with Crippen LogP contribution in [0.4, 0.5) is 5.69 Å². The molecule has 3 rings (SSSR count). The van der Waals surface area contributed by atoms with Gasteiger partial charge in [-0.15, -0.1) is 0 Å². The first-order valence-corrected chi connectivity index (χ1v) is 7.36. The number of hydrogen-bond donors (Lipinski definition) is 0. The van der Waals surface area contributed by atoms with E-state index in [4.69, 9.17) is 4.74 Å². The number of benzene rings is 2. The minimum atomic E-state index is -0.696. The van der Waals surface area contributed by atoms with E-state index >= 15 is 0 Å². The van der Waals surface area contributed by atoms with Crippen LogP contribution < -0.4 is 4.74 Å². The highest BCUT2D eigenvalue weighted by Gasteiger charge is 2.23. The Hall–Kier alpha value is -2.80. The van der Waals surface area contributed by atoms with Gasteiger partial charge in [0.25, 0.3) is 0 Å². The summed E-state index contributed by atoms with van der Waals surface area (Å²) in [4.78, 5) is 27.1. The zero-order chi connectivity index (χ0) is 16.4. The minimum Gasteiger partial charge on any atom is -0.413 e. The number of rotatable bonds is 3. The Morgan fingerprint density at radius 1 is 1.13 bits per heavy atom. The number of pyridine rings is 1. The number of nitrogens with zero attached hydrogens (tertiary/aromatic N) is 2. The zero-order valence-corrected chi connectivity index (χ0v) is 13.2. The van der Waals surface area contributed by atoms with Crippen molar-refractivity contribution in [1.29, 1.82) is 0 Å². The van der Waals surface area contributed by atoms with Crippen LogP contribution in [0.25, 0.3) is 10.9 Å². The molecule has 0 N–H and O–H groups in total. The Morgan fingerprint density at radius 3 is 2.65 bits per heavy atom. The normalized spacial score (nSPS) is 10.5. The number of carbonyl (C=O) groups excluding carboxylic acids is 1. The number of ether oxygens (including phenoxy) is 1. The van der Waals surface area contributed by atoms with Crippen LogP contribution in [0.3, 0.4) is 0 Å². The van der Waals surface area contributed by atoms with Crippen LogP contribution in [-0.2, 0) is 0 Å². The van der Waals surface area contributed by atoms with Crippen molar-refractivity contribution in [2.45, 2.75) is 0 Å². The standard InChI is InChI=1S/C16H9BrN2O4/c17-12-6-2-1-5-11(12)16(20)23-15-13(19(21)22)8-7-10-4-3-9-18-14(10)15/h1-9H. The molecule has 0 amide bonds. The summed E-state index contributed by atoms with van der Waals surface area (Å²) in [5, 5.41) is 11.9. The molecule has 23 heavy (non-hydrogen) atoms. The van der Waals surface area contributed by atoms with Gasteiger partial charge in [0.1, 0.15) is 5.52 Å². The lowest BCUT2D eigenvalue weighted by Gasteiger charge is -2.08. The van der Waals surface area contributed by atoms with E-state index in [1.54, 1.807) is 42.5 Å². The Kier molecular flexibility index (Phi) is 4.03. The van der Waals surface area contributed by atoms with E-state index in [1.807, 2.05) is 0 Å². The SMILES string of the molecule is O=C(Oc1c([N+](=O)[O-])ccc2cccnc12)c1ccccc1Br. The van der Waals surface area contributed by atoms with Crippen molar-refractivity contribution in [2.75, 3.05) is 0 Å². The van der Waals surface area contributed by atoms with E-state index in [2.05, 4.69) is 20.9 Å². The molecular formula is C16H9BrN2O4. The van der Waals surface area contributed by atoms with E-state index < -0.39 is 10.9 Å². The number of esters is 1. The van der Waals surface area contributed by atoms with Crippen LogP contribution in [0, 0.1) is 10.1 Å². The molecule has 7 heteroatoms. The number of carbonyl (C=O) groups is 1. The van der Waals surface area contributed by atoms with E-state index in [9.17, 15) is 14.9 Å². The first-order valence-electron chi connectivity index (χ1n) is 6.57. The van der Waals surface area contributed by atoms with E-state index in [-0.39, 0.29) is 22.5 Å². The number of halogens is 1. The van der Waals surface area contributed by atoms with Crippen LogP contribution in [-0.4, -0.2) is 15.9 Å². The van der Waals surface area contributed by atoms with Crippen molar-refractivity contribution in [3.63, 3.8) is 0 Å². The van der Waals surface area contributed by atoms with E-state index in [0.29, 0.717) is 9.86 Å². The average molecular weight is 373 g/mol. The smallest absolute Gasteiger partial charge is 0.345 e. The third-order valence-corrected chi connectivity index (χ3v) is 3.88. The molecule has 3 aromatic rings. The summed E-state index contributed by atoms with van der Waals surface area (Å²) in [5.74, 6) is -0.854. The maximum atomic E-state index is 12.4. The quantitative estimate of drug-likeness (QED) is 0.298. The van der Waals surface area contributed by atoms with Crippen LogP contribution in [0.5, 0.6) is 5.75 Å². The summed E-state index contributed by atoms with van der Waals surface area (Å²) in [6.07, 6.45) is 1.49. The van der Waals surface area contributed by atoms with Gasteiger partial charge in [0.05, 0.1) is 10.5 Å². The Morgan fingerprint density at radius 2 is 1.91 bits per heavy atom. The minimum absolute atomic E-state index is 0.158. The van der Waals surface area contributed by atoms with Gasteiger partial charge < -0.3 is 4.74 Å². The summed E-state index contributed by atoms with van der Waals surface area (Å²) >= 11 is 3.26. The van der Waals surface area contributed by atoms with Crippen molar-refractivity contribution in [3.05, 3.63) is 74.9 Å². The van der Waals surface area contributed by atoms with Crippen molar-refractivity contribution < 1.29 is 14.5 Å². The van der Waals surface area contributed by atoms with Crippen molar-refractivity contribution >= 4 is 38.5 Å². The first-order chi connectivity index (χ1) is 11.1. The molecule has 114 valence electrons. The van der Waals surface area contributed by atoms with Crippen LogP contribution in [0.15, 0.2) is 59.2 Å². The maximum Gasteiger partial charge on any atom is 0.345 e. The van der Waals surface area contributed by atoms with Crippen LogP contribution >= 0.6 is 15.9 Å². The molecule has 2 aromatic carbocycles. The molecule has 0 bridgehead atoms. The first kappa shape index (κ1) is 15.1. The fourth-order valence-electron chi connectivity index (χ4n) is 2.13. The maximum absolute atomic E-state index is 12.4. The van der Waals surface area contributed by atoms with E-state index in [0.717, 1.165) is 0 Å². The summed E-state index contributed by atoms with van der Waals surface area (Å²) in [5.41, 5.74) is 0.230. The van der Waals surface area contributed by atoms with Gasteiger partial charge in [0, 0.05) is 22.1 Å². The summed E-state index contributed by atoms with van der Waals surface area (Å²) in [7, 11) is 0. The number of nitro groups is 1. The molecule has 0 saturated carbocycles. The van der Waals surface area contributed by atoms with Crippen LogP contribution in [0.1, 0.15) is 10.4 Å². The molecule has 0 radical (unpaired) electrons. The molecule has 0 aliphatic rings. The van der Waals surface area contributed by atoms with Crippen LogP contribution in [0.2, 0.25) is 0 Å². The lowest BCUT2D eigenvalue weighted by atomic mass is 10.2. The number of aromatic nitrogens is 1. The number of fused-ring (bicyclic) bond motifs is 1. The Labute approximate surface area is 139 Å². The molecule has 1 heterocycles. The fourth-order valence-corrected chi connectivity index (χ4v) is 2.57. The molecule has 0 fully saturated rings. The van der Waals surface area contributed by atoms with Gasteiger partial charge in [-0.1, -0.05) is 18.2 Å². The number of hydrogen-bond acceptors (Lipinski definition) is 5. The molecule has 0 unspecified atom stereocenters. The average Bonchev–Trinajstić information content (AvgIpc) is 2.55. The summed E-state index contributed by atoms with van der Waals surface area (Å²) in [6.45, 7) is 0. The molecule has 6 nitrogen and oxygen atoms in total. The lowest BCUT2D eigenvalue weighted by Crippen LogP contribution is -2.11. The highest BCUT2D eigenvalue weighted by molar-refractivity contribution is 9.10. The van der Waals surface area contributed by atoms with Gasteiger partial charge >= 0.3 is 11.7 Å². The van der Waals surface area contributed by atoms with Gasteiger partial charge in [-0.05, 0) is 40.2 Å². The van der Waals surface area contributed by atoms with Gasteiger partial charge in [0.15, 0.2) is 0 Å². The molecule has 0 spiro atoms. The highest BCUT2D eigenvalue weighted by Crippen LogP contribution is 2.34. The zero-order valence-electron chi connectivity index (χ0n) is 11.6. The summed E-state index contributed by atoms with van der Waals surface area (Å²) in [6, 6.07) is 13.0. The van der Waals surface area contributed by atoms with Crippen molar-refractivity contribution in [1.82, 2.24) is 4.98 Å². The number of nitro benzene ring substituents is 1.